The maximum Gasteiger partial charge on any atom is 0.328 e. The number of carbonyl (C=O) groups is 1. The van der Waals surface area contributed by atoms with Gasteiger partial charge in [-0.05, 0) is 18.6 Å². The Morgan fingerprint density at radius 1 is 1.42 bits per heavy atom. The molecule has 1 aromatic rings. The number of unbranched alkanes of at least 4 members (excludes halogenated alkanes) is 1. The zero-order chi connectivity index (χ0) is 14.1. The number of carboxylic acid groups (broad SMARTS) is 1. The predicted octanol–water partition coefficient (Wildman–Crippen LogP) is 2.26. The van der Waals surface area contributed by atoms with Gasteiger partial charge >= 0.3 is 12.4 Å². The molecule has 2 N–H and O–H groups in total. The third-order valence-electron chi connectivity index (χ3n) is 2.31. The second kappa shape index (κ2) is 8.29. The Kier molecular flexibility index (Phi) is 6.63. The maximum absolute atomic E-state index is 10.5. The summed E-state index contributed by atoms with van der Waals surface area (Å²) in [5, 5.41) is 18.1. The molecule has 19 heavy (non-hydrogen) atoms. The number of hydrogen-bond acceptors (Lipinski definition) is 4. The van der Waals surface area contributed by atoms with Crippen LogP contribution < -0.4 is 4.74 Å². The minimum atomic E-state index is -1.36. The number of ether oxygens (including phenoxy) is 2. The summed E-state index contributed by atoms with van der Waals surface area (Å²) >= 11 is 0. The molecular weight excluding hydrogens is 248 g/mol. The van der Waals surface area contributed by atoms with E-state index in [4.69, 9.17) is 14.6 Å². The smallest absolute Gasteiger partial charge is 0.328 e. The van der Waals surface area contributed by atoms with Crippen LogP contribution in [0.4, 0.5) is 0 Å². The topological polar surface area (TPSA) is 76.0 Å². The summed E-state index contributed by atoms with van der Waals surface area (Å²) in [6.07, 6.45) is 4.20. The lowest BCUT2D eigenvalue weighted by Gasteiger charge is -2.15. The zero-order valence-corrected chi connectivity index (χ0v) is 10.8. The third kappa shape index (κ3) is 6.03. The normalized spacial score (nSPS) is 12.5. The lowest BCUT2D eigenvalue weighted by atomic mass is 10.2. The van der Waals surface area contributed by atoms with E-state index in [9.17, 15) is 9.90 Å². The van der Waals surface area contributed by atoms with Gasteiger partial charge in [-0.3, -0.25) is 0 Å². The van der Waals surface area contributed by atoms with Crippen molar-refractivity contribution >= 4 is 12.0 Å². The Bertz CT molecular complexity index is 428. The number of para-hydroxylation sites is 1. The lowest BCUT2D eigenvalue weighted by molar-refractivity contribution is -0.216. The van der Waals surface area contributed by atoms with E-state index in [2.05, 4.69) is 0 Å². The first-order chi connectivity index (χ1) is 9.13. The van der Waals surface area contributed by atoms with Crippen LogP contribution in [0.25, 0.3) is 6.08 Å². The van der Waals surface area contributed by atoms with Gasteiger partial charge in [0.1, 0.15) is 5.75 Å². The first-order valence-electron chi connectivity index (χ1n) is 6.10. The molecule has 5 heteroatoms. The summed E-state index contributed by atoms with van der Waals surface area (Å²) < 4.78 is 10.3. The molecule has 0 fully saturated rings. The van der Waals surface area contributed by atoms with Crippen molar-refractivity contribution in [3.8, 4) is 5.75 Å². The first kappa shape index (κ1) is 15.2. The number of aliphatic hydroxyl groups is 1. The molecule has 0 heterocycles. The molecule has 0 radical (unpaired) electrons. The molecule has 1 unspecified atom stereocenters. The maximum atomic E-state index is 10.5. The minimum Gasteiger partial charge on any atom is -0.478 e. The van der Waals surface area contributed by atoms with E-state index in [0.717, 1.165) is 18.9 Å². The van der Waals surface area contributed by atoms with Gasteiger partial charge in [-0.15, -0.1) is 0 Å². The molecule has 0 saturated heterocycles. The fourth-order valence-electron chi connectivity index (χ4n) is 1.36. The molecule has 0 aliphatic heterocycles. The Labute approximate surface area is 112 Å². The summed E-state index contributed by atoms with van der Waals surface area (Å²) in [7, 11) is 0. The Morgan fingerprint density at radius 3 is 2.84 bits per heavy atom. The van der Waals surface area contributed by atoms with Crippen molar-refractivity contribution in [2.75, 3.05) is 6.61 Å². The Hall–Kier alpha value is -1.85. The highest BCUT2D eigenvalue weighted by Gasteiger charge is 2.08. The third-order valence-corrected chi connectivity index (χ3v) is 2.31. The van der Waals surface area contributed by atoms with Crippen molar-refractivity contribution in [1.82, 2.24) is 0 Å². The van der Waals surface area contributed by atoms with Crippen LogP contribution in [0, 0.1) is 0 Å². The second-order valence-electron chi connectivity index (χ2n) is 3.86. The standard InChI is InChI=1S/C14H18O5/c1-2-3-10-18-14(17)19-12-7-5-4-6-11(12)8-9-13(15)16/h4-9,14,17H,2-3,10H2,1H3,(H,15,16)/b9-8+. The minimum absolute atomic E-state index is 0.365. The molecule has 104 valence electrons. The molecule has 1 atom stereocenters. The van der Waals surface area contributed by atoms with Crippen LogP contribution in [0.5, 0.6) is 5.75 Å². The molecule has 0 spiro atoms. The molecular formula is C14H18O5. The summed E-state index contributed by atoms with van der Waals surface area (Å²) in [5.41, 5.74) is 0.558. The van der Waals surface area contributed by atoms with Crippen molar-refractivity contribution in [2.24, 2.45) is 0 Å². The molecule has 1 rings (SSSR count). The van der Waals surface area contributed by atoms with Crippen LogP contribution in [0.1, 0.15) is 25.3 Å². The van der Waals surface area contributed by atoms with Crippen LogP contribution in [0.2, 0.25) is 0 Å². The van der Waals surface area contributed by atoms with Gasteiger partial charge in [-0.25, -0.2) is 4.79 Å². The highest BCUT2D eigenvalue weighted by atomic mass is 16.8. The first-order valence-corrected chi connectivity index (χ1v) is 6.10. The Balaban J connectivity index is 2.64. The summed E-state index contributed by atoms with van der Waals surface area (Å²) in [5.74, 6) is -0.682. The van der Waals surface area contributed by atoms with Crippen LogP contribution in [0.3, 0.4) is 0 Å². The van der Waals surface area contributed by atoms with Crippen molar-refractivity contribution in [2.45, 2.75) is 26.2 Å². The quantitative estimate of drug-likeness (QED) is 0.429. The zero-order valence-electron chi connectivity index (χ0n) is 10.8. The van der Waals surface area contributed by atoms with Gasteiger partial charge in [0, 0.05) is 11.6 Å². The summed E-state index contributed by atoms with van der Waals surface area (Å²) in [6, 6.07) is 6.80. The highest BCUT2D eigenvalue weighted by molar-refractivity contribution is 5.85. The van der Waals surface area contributed by atoms with Gasteiger partial charge in [0.05, 0.1) is 6.61 Å². The predicted molar refractivity (Wildman–Crippen MR) is 70.6 cm³/mol. The van der Waals surface area contributed by atoms with E-state index in [0.29, 0.717) is 17.9 Å². The van der Waals surface area contributed by atoms with Crippen molar-refractivity contribution in [3.05, 3.63) is 35.9 Å². The lowest BCUT2D eigenvalue weighted by Crippen LogP contribution is -2.20. The fraction of sp³-hybridized carbons (Fsp3) is 0.357. The second-order valence-corrected chi connectivity index (χ2v) is 3.86. The molecule has 0 aliphatic rings. The van der Waals surface area contributed by atoms with Gasteiger partial charge in [0.15, 0.2) is 0 Å². The van der Waals surface area contributed by atoms with Gasteiger partial charge in [-0.1, -0.05) is 31.5 Å². The van der Waals surface area contributed by atoms with E-state index < -0.39 is 12.4 Å². The van der Waals surface area contributed by atoms with E-state index in [1.165, 1.54) is 6.08 Å². The summed E-state index contributed by atoms with van der Waals surface area (Å²) in [6.45, 7) is 1.07. The van der Waals surface area contributed by atoms with Crippen molar-refractivity contribution in [3.63, 3.8) is 0 Å². The fourth-order valence-corrected chi connectivity index (χ4v) is 1.36. The molecule has 0 saturated carbocycles. The molecule has 0 aliphatic carbocycles. The molecule has 5 nitrogen and oxygen atoms in total. The van der Waals surface area contributed by atoms with E-state index in [1.54, 1.807) is 24.3 Å². The van der Waals surface area contributed by atoms with Crippen molar-refractivity contribution in [1.29, 1.82) is 0 Å². The van der Waals surface area contributed by atoms with Crippen molar-refractivity contribution < 1.29 is 24.5 Å². The van der Waals surface area contributed by atoms with E-state index in [1.807, 2.05) is 6.92 Å². The number of aliphatic hydroxyl groups excluding tert-OH is 1. The SMILES string of the molecule is CCCCOC(O)Oc1ccccc1/C=C/C(=O)O. The monoisotopic (exact) mass is 266 g/mol. The van der Waals surface area contributed by atoms with Crippen LogP contribution >= 0.6 is 0 Å². The molecule has 0 aromatic heterocycles. The van der Waals surface area contributed by atoms with Crippen LogP contribution in [-0.2, 0) is 9.53 Å². The van der Waals surface area contributed by atoms with Crippen LogP contribution in [0.15, 0.2) is 30.3 Å². The molecule has 0 amide bonds. The van der Waals surface area contributed by atoms with Crippen LogP contribution in [-0.4, -0.2) is 29.3 Å². The van der Waals surface area contributed by atoms with Gasteiger partial charge in [-0.2, -0.15) is 0 Å². The number of rotatable bonds is 8. The Morgan fingerprint density at radius 2 is 2.16 bits per heavy atom. The number of benzene rings is 1. The van der Waals surface area contributed by atoms with Gasteiger partial charge < -0.3 is 19.7 Å². The largest absolute Gasteiger partial charge is 0.478 e. The van der Waals surface area contributed by atoms with E-state index in [-0.39, 0.29) is 0 Å². The molecule has 1 aromatic carbocycles. The van der Waals surface area contributed by atoms with Gasteiger partial charge in [0.2, 0.25) is 0 Å². The number of hydrogen-bond donors (Lipinski definition) is 2. The van der Waals surface area contributed by atoms with E-state index >= 15 is 0 Å². The average Bonchev–Trinajstić information content (AvgIpc) is 2.38. The molecule has 0 bridgehead atoms. The highest BCUT2D eigenvalue weighted by Crippen LogP contribution is 2.20. The van der Waals surface area contributed by atoms with Gasteiger partial charge in [0.25, 0.3) is 0 Å². The summed E-state index contributed by atoms with van der Waals surface area (Å²) in [4.78, 5) is 10.5. The average molecular weight is 266 g/mol. The number of carboxylic acids is 1. The number of aliphatic carboxylic acids is 1.